The lowest BCUT2D eigenvalue weighted by Gasteiger charge is -2.36. The van der Waals surface area contributed by atoms with Crippen LogP contribution in [0.4, 0.5) is 16.2 Å². The van der Waals surface area contributed by atoms with Crippen molar-refractivity contribution in [2.24, 2.45) is 0 Å². The number of ether oxygens (including phenoxy) is 1. The van der Waals surface area contributed by atoms with Gasteiger partial charge in [-0.15, -0.1) is 0 Å². The molecule has 1 amide bonds. The van der Waals surface area contributed by atoms with Crippen LogP contribution in [0.1, 0.15) is 20.8 Å². The lowest BCUT2D eigenvalue weighted by molar-refractivity contribution is 0.0240. The van der Waals surface area contributed by atoms with Crippen LogP contribution in [0.25, 0.3) is 0 Å². The predicted octanol–water partition coefficient (Wildman–Crippen LogP) is 2.98. The van der Waals surface area contributed by atoms with Crippen LogP contribution >= 0.6 is 11.6 Å². The number of benzene rings is 1. The predicted molar refractivity (Wildman–Crippen MR) is 85.9 cm³/mol. The van der Waals surface area contributed by atoms with Crippen molar-refractivity contribution in [3.8, 4) is 0 Å². The second kappa shape index (κ2) is 6.02. The largest absolute Gasteiger partial charge is 0.444 e. The average molecular weight is 312 g/mol. The number of carbonyl (C=O) groups is 1. The van der Waals surface area contributed by atoms with E-state index < -0.39 is 5.60 Å². The molecule has 0 bridgehead atoms. The molecule has 0 unspecified atom stereocenters. The Labute approximate surface area is 130 Å². The first-order valence-electron chi connectivity index (χ1n) is 7.04. The first-order chi connectivity index (χ1) is 9.76. The molecule has 1 saturated heterocycles. The molecule has 2 rings (SSSR count). The summed E-state index contributed by atoms with van der Waals surface area (Å²) < 4.78 is 5.38. The standard InChI is InChI=1S/C15H22ClN3O2/c1-15(2,3)21-14(20)19-8-6-18(7-9-19)11-4-5-12(16)13(17)10-11/h4-5,10H,6-9,17H2,1-3H3. The van der Waals surface area contributed by atoms with Crippen molar-refractivity contribution in [2.75, 3.05) is 36.8 Å². The summed E-state index contributed by atoms with van der Waals surface area (Å²) in [6.45, 7) is 8.39. The van der Waals surface area contributed by atoms with Gasteiger partial charge in [-0.25, -0.2) is 4.79 Å². The molecule has 6 heteroatoms. The fourth-order valence-electron chi connectivity index (χ4n) is 2.20. The first-order valence-corrected chi connectivity index (χ1v) is 7.42. The topological polar surface area (TPSA) is 58.8 Å². The molecular weight excluding hydrogens is 290 g/mol. The molecule has 0 atom stereocenters. The fraction of sp³-hybridized carbons (Fsp3) is 0.533. The lowest BCUT2D eigenvalue weighted by Crippen LogP contribution is -2.50. The zero-order valence-electron chi connectivity index (χ0n) is 12.7. The van der Waals surface area contributed by atoms with E-state index in [4.69, 9.17) is 22.1 Å². The van der Waals surface area contributed by atoms with Crippen LogP contribution in [0.15, 0.2) is 18.2 Å². The molecule has 0 saturated carbocycles. The van der Waals surface area contributed by atoms with E-state index in [0.717, 1.165) is 18.8 Å². The summed E-state index contributed by atoms with van der Waals surface area (Å²) in [5, 5.41) is 0.561. The minimum absolute atomic E-state index is 0.252. The molecule has 1 heterocycles. The zero-order valence-corrected chi connectivity index (χ0v) is 13.5. The summed E-state index contributed by atoms with van der Waals surface area (Å²) in [6, 6.07) is 5.61. The number of carbonyl (C=O) groups excluding carboxylic acids is 1. The highest BCUT2D eigenvalue weighted by atomic mass is 35.5. The summed E-state index contributed by atoms with van der Waals surface area (Å²) in [6.07, 6.45) is -0.252. The Kier molecular flexibility index (Phi) is 4.52. The molecule has 116 valence electrons. The molecule has 0 aromatic heterocycles. The smallest absolute Gasteiger partial charge is 0.410 e. The van der Waals surface area contributed by atoms with Gasteiger partial charge in [-0.1, -0.05) is 11.6 Å². The minimum atomic E-state index is -0.459. The van der Waals surface area contributed by atoms with Gasteiger partial charge in [-0.05, 0) is 39.0 Å². The summed E-state index contributed by atoms with van der Waals surface area (Å²) in [4.78, 5) is 15.9. The molecule has 1 aromatic carbocycles. The Balaban J connectivity index is 1.94. The van der Waals surface area contributed by atoms with Crippen LogP contribution in [0, 0.1) is 0 Å². The van der Waals surface area contributed by atoms with E-state index in [1.54, 1.807) is 11.0 Å². The summed E-state index contributed by atoms with van der Waals surface area (Å²) in [5.74, 6) is 0. The van der Waals surface area contributed by atoms with Crippen LogP contribution in [0.3, 0.4) is 0 Å². The average Bonchev–Trinajstić information content (AvgIpc) is 2.40. The molecule has 1 aliphatic rings. The van der Waals surface area contributed by atoms with Crippen molar-refractivity contribution in [3.63, 3.8) is 0 Å². The number of amides is 1. The van der Waals surface area contributed by atoms with E-state index in [1.165, 1.54) is 0 Å². The fourth-order valence-corrected chi connectivity index (χ4v) is 2.32. The molecule has 2 N–H and O–H groups in total. The Morgan fingerprint density at radius 3 is 2.38 bits per heavy atom. The number of piperazine rings is 1. The van der Waals surface area contributed by atoms with Gasteiger partial charge in [0, 0.05) is 31.9 Å². The number of anilines is 2. The monoisotopic (exact) mass is 311 g/mol. The maximum atomic E-state index is 12.0. The third kappa shape index (κ3) is 4.17. The van der Waals surface area contributed by atoms with E-state index in [9.17, 15) is 4.79 Å². The van der Waals surface area contributed by atoms with Crippen molar-refractivity contribution < 1.29 is 9.53 Å². The number of nitrogens with two attached hydrogens (primary N) is 1. The number of nitrogen functional groups attached to an aromatic ring is 1. The van der Waals surface area contributed by atoms with Crippen molar-refractivity contribution >= 4 is 29.1 Å². The Morgan fingerprint density at radius 1 is 1.24 bits per heavy atom. The molecule has 1 fully saturated rings. The summed E-state index contributed by atoms with van der Waals surface area (Å²) in [5.41, 5.74) is 6.97. The van der Waals surface area contributed by atoms with E-state index in [1.807, 2.05) is 32.9 Å². The summed E-state index contributed by atoms with van der Waals surface area (Å²) in [7, 11) is 0. The molecule has 0 aliphatic carbocycles. The van der Waals surface area contributed by atoms with Crippen molar-refractivity contribution in [1.29, 1.82) is 0 Å². The second-order valence-corrected chi connectivity index (χ2v) is 6.57. The highest BCUT2D eigenvalue weighted by Gasteiger charge is 2.26. The highest BCUT2D eigenvalue weighted by Crippen LogP contribution is 2.26. The van der Waals surface area contributed by atoms with Gasteiger partial charge in [0.1, 0.15) is 5.60 Å². The van der Waals surface area contributed by atoms with E-state index in [2.05, 4.69) is 4.90 Å². The number of hydrogen-bond donors (Lipinski definition) is 1. The Bertz CT molecular complexity index is 520. The second-order valence-electron chi connectivity index (χ2n) is 6.16. The SMILES string of the molecule is CC(C)(C)OC(=O)N1CCN(c2ccc(Cl)c(N)c2)CC1. The molecule has 21 heavy (non-hydrogen) atoms. The first kappa shape index (κ1) is 15.8. The van der Waals surface area contributed by atoms with Crippen molar-refractivity contribution in [2.45, 2.75) is 26.4 Å². The molecular formula is C15H22ClN3O2. The Morgan fingerprint density at radius 2 is 1.86 bits per heavy atom. The van der Waals surface area contributed by atoms with Gasteiger partial charge in [-0.2, -0.15) is 0 Å². The zero-order chi connectivity index (χ0) is 15.6. The van der Waals surface area contributed by atoms with E-state index in [0.29, 0.717) is 23.8 Å². The molecule has 0 radical (unpaired) electrons. The van der Waals surface area contributed by atoms with Gasteiger partial charge in [0.25, 0.3) is 0 Å². The number of nitrogens with zero attached hydrogens (tertiary/aromatic N) is 2. The van der Waals surface area contributed by atoms with Gasteiger partial charge in [0.05, 0.1) is 10.7 Å². The van der Waals surface area contributed by atoms with Crippen LogP contribution in [0.2, 0.25) is 5.02 Å². The van der Waals surface area contributed by atoms with Gasteiger partial charge in [0.15, 0.2) is 0 Å². The van der Waals surface area contributed by atoms with Crippen LogP contribution < -0.4 is 10.6 Å². The number of halogens is 1. The molecule has 5 nitrogen and oxygen atoms in total. The lowest BCUT2D eigenvalue weighted by atomic mass is 10.2. The van der Waals surface area contributed by atoms with Crippen LogP contribution in [-0.4, -0.2) is 42.8 Å². The van der Waals surface area contributed by atoms with Crippen LogP contribution in [-0.2, 0) is 4.74 Å². The number of hydrogen-bond acceptors (Lipinski definition) is 4. The quantitative estimate of drug-likeness (QED) is 0.810. The van der Waals surface area contributed by atoms with Crippen molar-refractivity contribution in [3.05, 3.63) is 23.2 Å². The van der Waals surface area contributed by atoms with Gasteiger partial charge >= 0.3 is 6.09 Å². The Hall–Kier alpha value is -1.62. The maximum absolute atomic E-state index is 12.0. The normalized spacial score (nSPS) is 16.0. The van der Waals surface area contributed by atoms with Crippen molar-refractivity contribution in [1.82, 2.24) is 4.90 Å². The van der Waals surface area contributed by atoms with Gasteiger partial charge in [-0.3, -0.25) is 0 Å². The van der Waals surface area contributed by atoms with E-state index in [-0.39, 0.29) is 6.09 Å². The number of rotatable bonds is 1. The maximum Gasteiger partial charge on any atom is 0.410 e. The molecule has 0 spiro atoms. The minimum Gasteiger partial charge on any atom is -0.444 e. The van der Waals surface area contributed by atoms with Gasteiger partial charge in [0.2, 0.25) is 0 Å². The molecule has 1 aromatic rings. The van der Waals surface area contributed by atoms with Crippen LogP contribution in [0.5, 0.6) is 0 Å². The van der Waals surface area contributed by atoms with Gasteiger partial charge < -0.3 is 20.3 Å². The highest BCUT2D eigenvalue weighted by molar-refractivity contribution is 6.33. The molecule has 1 aliphatic heterocycles. The summed E-state index contributed by atoms with van der Waals surface area (Å²) >= 11 is 5.93. The third-order valence-corrected chi connectivity index (χ3v) is 3.62. The van der Waals surface area contributed by atoms with E-state index >= 15 is 0 Å². The third-order valence-electron chi connectivity index (χ3n) is 3.28.